The van der Waals surface area contributed by atoms with Crippen LogP contribution >= 0.6 is 0 Å². The molecule has 3 amide bonds. The lowest BCUT2D eigenvalue weighted by molar-refractivity contribution is -0.384. The van der Waals surface area contributed by atoms with Crippen LogP contribution in [0.3, 0.4) is 0 Å². The van der Waals surface area contributed by atoms with E-state index in [1.807, 2.05) is 20.8 Å². The topological polar surface area (TPSA) is 151 Å². The number of nitro benzene ring substituents is 1. The minimum absolute atomic E-state index is 0.0963. The van der Waals surface area contributed by atoms with Crippen molar-refractivity contribution in [3.8, 4) is 0 Å². The fourth-order valence-corrected chi connectivity index (χ4v) is 2.93. The highest BCUT2D eigenvalue weighted by Crippen LogP contribution is 2.18. The van der Waals surface area contributed by atoms with Crippen molar-refractivity contribution in [1.82, 2.24) is 10.8 Å². The number of benzene rings is 1. The van der Waals surface area contributed by atoms with E-state index in [1.54, 1.807) is 0 Å². The summed E-state index contributed by atoms with van der Waals surface area (Å²) in [4.78, 5) is 47.2. The van der Waals surface area contributed by atoms with Crippen LogP contribution in [0.4, 0.5) is 11.4 Å². The van der Waals surface area contributed by atoms with Crippen LogP contribution in [0, 0.1) is 22.0 Å². The number of hydrogen-bond donors (Lipinski definition) is 4. The van der Waals surface area contributed by atoms with Crippen LogP contribution in [0.25, 0.3) is 0 Å². The summed E-state index contributed by atoms with van der Waals surface area (Å²) in [5.74, 6) is -2.11. The lowest BCUT2D eigenvalue weighted by Gasteiger charge is -2.23. The second-order valence-electron chi connectivity index (χ2n) is 7.56. The molecule has 0 bridgehead atoms. The lowest BCUT2D eigenvalue weighted by atomic mass is 9.95. The molecule has 0 heterocycles. The highest BCUT2D eigenvalue weighted by atomic mass is 16.6. The summed E-state index contributed by atoms with van der Waals surface area (Å²) in [6.07, 6.45) is 2.20. The summed E-state index contributed by atoms with van der Waals surface area (Å²) in [5.41, 5.74) is 1.81. The molecule has 30 heavy (non-hydrogen) atoms. The van der Waals surface area contributed by atoms with Gasteiger partial charge >= 0.3 is 0 Å². The zero-order valence-electron chi connectivity index (χ0n) is 17.5. The molecule has 1 aromatic rings. The van der Waals surface area contributed by atoms with Gasteiger partial charge in [-0.15, -0.1) is 0 Å². The summed E-state index contributed by atoms with van der Waals surface area (Å²) >= 11 is 0. The standard InChI is InChI=1S/C20H30N4O6/c1-4-5-6-14(12-18(25)23-28)19(26)22-17(11-13(2)3)20(27)21-15-7-9-16(10-8-15)24(29)30/h7-10,13-14,17,28H,4-6,11-12H2,1-3H3,(H,21,27)(H,22,26)(H,23,25)/t14-,17+/m1/s1. The van der Waals surface area contributed by atoms with Gasteiger partial charge in [0.15, 0.2) is 0 Å². The number of rotatable bonds is 12. The van der Waals surface area contributed by atoms with Gasteiger partial charge in [0.05, 0.1) is 4.92 Å². The molecule has 0 fully saturated rings. The van der Waals surface area contributed by atoms with E-state index in [0.29, 0.717) is 18.5 Å². The Bertz CT molecular complexity index is 735. The Kier molecular flexibility index (Phi) is 10.5. The van der Waals surface area contributed by atoms with Crippen molar-refractivity contribution >= 4 is 29.1 Å². The third kappa shape index (κ3) is 8.56. The van der Waals surface area contributed by atoms with Crippen LogP contribution in [0.2, 0.25) is 0 Å². The van der Waals surface area contributed by atoms with Gasteiger partial charge in [0.25, 0.3) is 5.69 Å². The predicted octanol–water partition coefficient (Wildman–Crippen LogP) is 2.77. The number of nitro groups is 1. The molecule has 4 N–H and O–H groups in total. The van der Waals surface area contributed by atoms with E-state index in [9.17, 15) is 24.5 Å². The number of nitrogens with zero attached hydrogens (tertiary/aromatic N) is 1. The highest BCUT2D eigenvalue weighted by molar-refractivity contribution is 5.98. The number of anilines is 1. The van der Waals surface area contributed by atoms with Crippen LogP contribution in [0.5, 0.6) is 0 Å². The minimum Gasteiger partial charge on any atom is -0.344 e. The molecule has 0 aliphatic heterocycles. The normalized spacial score (nSPS) is 12.7. The second kappa shape index (κ2) is 12.5. The molecular formula is C20H30N4O6. The number of carbonyl (C=O) groups excluding carboxylic acids is 3. The monoisotopic (exact) mass is 422 g/mol. The number of nitrogens with one attached hydrogen (secondary N) is 3. The van der Waals surface area contributed by atoms with Crippen LogP contribution in [-0.2, 0) is 14.4 Å². The summed E-state index contributed by atoms with van der Waals surface area (Å²) in [6.45, 7) is 5.78. The van der Waals surface area contributed by atoms with E-state index in [-0.39, 0.29) is 18.0 Å². The van der Waals surface area contributed by atoms with Crippen molar-refractivity contribution < 1.29 is 24.5 Å². The van der Waals surface area contributed by atoms with E-state index in [0.717, 1.165) is 12.8 Å². The van der Waals surface area contributed by atoms with E-state index in [4.69, 9.17) is 5.21 Å². The average molecular weight is 422 g/mol. The van der Waals surface area contributed by atoms with E-state index in [1.165, 1.54) is 29.7 Å². The Morgan fingerprint density at radius 1 is 1.13 bits per heavy atom. The van der Waals surface area contributed by atoms with Gasteiger partial charge < -0.3 is 10.6 Å². The van der Waals surface area contributed by atoms with Gasteiger partial charge in [-0.05, 0) is 30.9 Å². The first-order valence-corrected chi connectivity index (χ1v) is 9.96. The zero-order valence-corrected chi connectivity index (χ0v) is 17.5. The molecule has 0 spiro atoms. The molecule has 0 saturated heterocycles. The Morgan fingerprint density at radius 3 is 2.27 bits per heavy atom. The fourth-order valence-electron chi connectivity index (χ4n) is 2.93. The molecule has 10 heteroatoms. The number of non-ortho nitro benzene ring substituents is 1. The number of unbranched alkanes of at least 4 members (excludes halogenated alkanes) is 1. The molecule has 0 saturated carbocycles. The number of hydroxylamine groups is 1. The third-order valence-electron chi connectivity index (χ3n) is 4.52. The average Bonchev–Trinajstić information content (AvgIpc) is 2.70. The van der Waals surface area contributed by atoms with Gasteiger partial charge in [-0.1, -0.05) is 33.6 Å². The molecule has 0 aliphatic carbocycles. The molecular weight excluding hydrogens is 392 g/mol. The van der Waals surface area contributed by atoms with Crippen LogP contribution < -0.4 is 16.1 Å². The van der Waals surface area contributed by atoms with Crippen LogP contribution in [-0.4, -0.2) is 33.9 Å². The van der Waals surface area contributed by atoms with Gasteiger partial charge in [0.1, 0.15) is 6.04 Å². The maximum absolute atomic E-state index is 12.7. The van der Waals surface area contributed by atoms with Crippen molar-refractivity contribution in [2.24, 2.45) is 11.8 Å². The summed E-state index contributed by atoms with van der Waals surface area (Å²) < 4.78 is 0. The Balaban J connectivity index is 2.89. The second-order valence-corrected chi connectivity index (χ2v) is 7.56. The summed E-state index contributed by atoms with van der Waals surface area (Å²) in [6, 6.07) is 4.55. The molecule has 0 unspecified atom stereocenters. The SMILES string of the molecule is CCCC[C@H](CC(=O)NO)C(=O)N[C@@H](CC(C)C)C(=O)Nc1ccc([N+](=O)[O-])cc1. The first-order chi connectivity index (χ1) is 14.2. The quantitative estimate of drug-likeness (QED) is 0.231. The van der Waals surface area contributed by atoms with Crippen molar-refractivity contribution in [2.45, 2.75) is 58.9 Å². The van der Waals surface area contributed by atoms with Crippen LogP contribution in [0.15, 0.2) is 24.3 Å². The van der Waals surface area contributed by atoms with Gasteiger partial charge in [0, 0.05) is 30.2 Å². The van der Waals surface area contributed by atoms with Gasteiger partial charge in [-0.25, -0.2) is 5.48 Å². The van der Waals surface area contributed by atoms with Crippen molar-refractivity contribution in [1.29, 1.82) is 0 Å². The van der Waals surface area contributed by atoms with Gasteiger partial charge in [-0.2, -0.15) is 0 Å². The molecule has 0 radical (unpaired) electrons. The van der Waals surface area contributed by atoms with Gasteiger partial charge in [-0.3, -0.25) is 29.7 Å². The summed E-state index contributed by atoms with van der Waals surface area (Å²) in [5, 5.41) is 24.9. The largest absolute Gasteiger partial charge is 0.344 e. The Labute approximate surface area is 175 Å². The first kappa shape index (κ1) is 25.0. The zero-order chi connectivity index (χ0) is 22.7. The molecule has 1 aromatic carbocycles. The van der Waals surface area contributed by atoms with Crippen LogP contribution in [0.1, 0.15) is 52.9 Å². The smallest absolute Gasteiger partial charge is 0.269 e. The summed E-state index contributed by atoms with van der Waals surface area (Å²) in [7, 11) is 0. The van der Waals surface area contributed by atoms with E-state index >= 15 is 0 Å². The third-order valence-corrected chi connectivity index (χ3v) is 4.52. The molecule has 1 rings (SSSR count). The number of amides is 3. The molecule has 10 nitrogen and oxygen atoms in total. The van der Waals surface area contributed by atoms with Crippen molar-refractivity contribution in [3.05, 3.63) is 34.4 Å². The molecule has 0 aliphatic rings. The Hall–Kier alpha value is -3.01. The molecule has 2 atom stereocenters. The maximum atomic E-state index is 12.7. The number of carbonyl (C=O) groups is 3. The van der Waals surface area contributed by atoms with E-state index in [2.05, 4.69) is 10.6 Å². The highest BCUT2D eigenvalue weighted by Gasteiger charge is 2.27. The van der Waals surface area contributed by atoms with Crippen molar-refractivity contribution in [3.63, 3.8) is 0 Å². The first-order valence-electron chi connectivity index (χ1n) is 9.96. The van der Waals surface area contributed by atoms with E-state index < -0.39 is 34.6 Å². The minimum atomic E-state index is -0.839. The maximum Gasteiger partial charge on any atom is 0.269 e. The van der Waals surface area contributed by atoms with Crippen molar-refractivity contribution in [2.75, 3.05) is 5.32 Å². The fraction of sp³-hybridized carbons (Fsp3) is 0.550. The number of hydrogen-bond acceptors (Lipinski definition) is 6. The Morgan fingerprint density at radius 2 is 1.77 bits per heavy atom. The van der Waals surface area contributed by atoms with Gasteiger partial charge in [0.2, 0.25) is 17.7 Å². The predicted molar refractivity (Wildman–Crippen MR) is 111 cm³/mol. The molecule has 166 valence electrons. The lowest BCUT2D eigenvalue weighted by Crippen LogP contribution is -2.47. The molecule has 0 aromatic heterocycles.